The normalized spacial score (nSPS) is 18.3. The van der Waals surface area contributed by atoms with Crippen molar-refractivity contribution in [1.29, 1.82) is 0 Å². The average molecular weight is 457 g/mol. The minimum absolute atomic E-state index is 0.288. The van der Waals surface area contributed by atoms with Crippen molar-refractivity contribution in [1.82, 2.24) is 19.5 Å². The molecule has 176 valence electrons. The topological polar surface area (TPSA) is 134 Å². The molecule has 1 aliphatic rings. The lowest BCUT2D eigenvalue weighted by atomic mass is 9.92. The van der Waals surface area contributed by atoms with Crippen LogP contribution in [0, 0.1) is 6.92 Å². The molecule has 0 spiro atoms. The van der Waals surface area contributed by atoms with Crippen molar-refractivity contribution in [3.05, 3.63) is 71.0 Å². The van der Waals surface area contributed by atoms with Crippen LogP contribution in [0.4, 0.5) is 17.5 Å². The maximum Gasteiger partial charge on any atom is 0.226 e. The number of rotatable bonds is 6. The number of nitrogens with one attached hydrogen (secondary N) is 1. The van der Waals surface area contributed by atoms with Crippen molar-refractivity contribution < 1.29 is 0 Å². The molecule has 0 saturated heterocycles. The minimum Gasteiger partial charge on any atom is -0.398 e. The maximum absolute atomic E-state index is 6.39. The predicted molar refractivity (Wildman–Crippen MR) is 138 cm³/mol. The number of benzene rings is 2. The smallest absolute Gasteiger partial charge is 0.226 e. The molecule has 34 heavy (non-hydrogen) atoms. The number of anilines is 3. The highest BCUT2D eigenvalue weighted by molar-refractivity contribution is 5.83. The van der Waals surface area contributed by atoms with E-state index in [1.165, 1.54) is 0 Å². The van der Waals surface area contributed by atoms with E-state index in [0.717, 1.165) is 59.5 Å². The van der Waals surface area contributed by atoms with Crippen LogP contribution < -0.4 is 22.5 Å². The van der Waals surface area contributed by atoms with Crippen molar-refractivity contribution >= 4 is 28.6 Å². The third-order valence-electron chi connectivity index (χ3n) is 6.64. The van der Waals surface area contributed by atoms with Crippen LogP contribution in [0.5, 0.6) is 0 Å². The molecule has 2 aromatic carbocycles. The summed E-state index contributed by atoms with van der Waals surface area (Å²) in [6, 6.07) is 17.0. The Labute approximate surface area is 199 Å². The first-order chi connectivity index (χ1) is 16.5. The van der Waals surface area contributed by atoms with E-state index in [-0.39, 0.29) is 6.04 Å². The number of hydrogen-bond acceptors (Lipinski definition) is 7. The van der Waals surface area contributed by atoms with Crippen LogP contribution >= 0.6 is 0 Å². The first-order valence-corrected chi connectivity index (χ1v) is 11.9. The highest BCUT2D eigenvalue weighted by Crippen LogP contribution is 2.27. The third kappa shape index (κ3) is 4.68. The minimum atomic E-state index is 0.288. The van der Waals surface area contributed by atoms with Crippen LogP contribution in [0.3, 0.4) is 0 Å². The molecule has 0 aliphatic heterocycles. The molecule has 4 aromatic rings. The number of nitrogens with two attached hydrogens (primary N) is 3. The number of hydrogen-bond donors (Lipinski definition) is 4. The summed E-state index contributed by atoms with van der Waals surface area (Å²) in [7, 11) is 0. The zero-order valence-electron chi connectivity index (χ0n) is 19.5. The lowest BCUT2D eigenvalue weighted by Gasteiger charge is -2.26. The summed E-state index contributed by atoms with van der Waals surface area (Å²) in [5.41, 5.74) is 24.2. The fourth-order valence-electron chi connectivity index (χ4n) is 4.69. The Kier molecular flexibility index (Phi) is 6.06. The summed E-state index contributed by atoms with van der Waals surface area (Å²) in [4.78, 5) is 14.3. The van der Waals surface area contributed by atoms with Gasteiger partial charge < -0.3 is 27.1 Å². The van der Waals surface area contributed by atoms with E-state index in [1.807, 2.05) is 31.2 Å². The van der Waals surface area contributed by atoms with Crippen molar-refractivity contribution in [3.63, 3.8) is 0 Å². The summed E-state index contributed by atoms with van der Waals surface area (Å²) >= 11 is 0. The zero-order valence-corrected chi connectivity index (χ0v) is 19.5. The van der Waals surface area contributed by atoms with E-state index in [4.69, 9.17) is 27.2 Å². The Morgan fingerprint density at radius 1 is 0.971 bits per heavy atom. The van der Waals surface area contributed by atoms with Crippen molar-refractivity contribution in [2.24, 2.45) is 5.73 Å². The molecule has 0 radical (unpaired) electrons. The largest absolute Gasteiger partial charge is 0.398 e. The summed E-state index contributed by atoms with van der Waals surface area (Å²) in [6.45, 7) is 2.67. The summed E-state index contributed by atoms with van der Waals surface area (Å²) in [5.74, 6) is 1.78. The monoisotopic (exact) mass is 456 g/mol. The van der Waals surface area contributed by atoms with Gasteiger partial charge in [-0.05, 0) is 55.4 Å². The summed E-state index contributed by atoms with van der Waals surface area (Å²) in [5, 5.41) is 3.48. The molecule has 0 atom stereocenters. The molecule has 0 amide bonds. The SMILES string of the molecule is Cc1ccc(Cc2nc3c(N)nc(NC4CCC(N)CC4)nc3n2Cc2ccccc2)c(N)c1. The molecule has 8 nitrogen and oxygen atoms in total. The fourth-order valence-corrected chi connectivity index (χ4v) is 4.69. The molecule has 2 aromatic heterocycles. The van der Waals surface area contributed by atoms with Gasteiger partial charge in [-0.2, -0.15) is 9.97 Å². The number of fused-ring (bicyclic) bond motifs is 1. The van der Waals surface area contributed by atoms with Gasteiger partial charge in [0.25, 0.3) is 0 Å². The lowest BCUT2D eigenvalue weighted by molar-refractivity contribution is 0.410. The first kappa shape index (κ1) is 22.2. The zero-order chi connectivity index (χ0) is 23.7. The quantitative estimate of drug-likeness (QED) is 0.326. The van der Waals surface area contributed by atoms with Gasteiger partial charge >= 0.3 is 0 Å². The van der Waals surface area contributed by atoms with Crippen LogP contribution in [0.1, 0.15) is 48.2 Å². The Hall–Kier alpha value is -3.65. The van der Waals surface area contributed by atoms with Crippen LogP contribution in [-0.4, -0.2) is 31.6 Å². The van der Waals surface area contributed by atoms with Gasteiger partial charge in [0, 0.05) is 24.2 Å². The second-order valence-electron chi connectivity index (χ2n) is 9.34. The van der Waals surface area contributed by atoms with Crippen LogP contribution in [0.2, 0.25) is 0 Å². The number of nitrogens with zero attached hydrogens (tertiary/aromatic N) is 4. The van der Waals surface area contributed by atoms with E-state index >= 15 is 0 Å². The molecule has 5 rings (SSSR count). The van der Waals surface area contributed by atoms with E-state index < -0.39 is 0 Å². The standard InChI is InChI=1S/C26H32N8/c1-16-7-8-18(21(28)13-16)14-22-31-23-24(29)32-26(30-20-11-9-19(27)10-12-20)33-25(23)34(22)15-17-5-3-2-4-6-17/h2-8,13,19-20H,9-12,14-15,27-28H2,1H3,(H3,29,30,32,33). The molecule has 1 aliphatic carbocycles. The Balaban J connectivity index is 1.54. The molecule has 2 heterocycles. The van der Waals surface area contributed by atoms with Crippen molar-refractivity contribution in [2.75, 3.05) is 16.8 Å². The first-order valence-electron chi connectivity index (χ1n) is 11.9. The molecule has 0 bridgehead atoms. The third-order valence-corrected chi connectivity index (χ3v) is 6.64. The van der Waals surface area contributed by atoms with Crippen LogP contribution in [-0.2, 0) is 13.0 Å². The summed E-state index contributed by atoms with van der Waals surface area (Å²) < 4.78 is 2.13. The van der Waals surface area contributed by atoms with Crippen LogP contribution in [0.25, 0.3) is 11.2 Å². The van der Waals surface area contributed by atoms with E-state index in [2.05, 4.69) is 39.1 Å². The van der Waals surface area contributed by atoms with Gasteiger partial charge in [-0.1, -0.05) is 42.5 Å². The highest BCUT2D eigenvalue weighted by atomic mass is 15.2. The van der Waals surface area contributed by atoms with Gasteiger partial charge in [-0.3, -0.25) is 0 Å². The average Bonchev–Trinajstić information content (AvgIpc) is 3.15. The molecular weight excluding hydrogens is 424 g/mol. The van der Waals surface area contributed by atoms with Gasteiger partial charge in [-0.15, -0.1) is 0 Å². The highest BCUT2D eigenvalue weighted by Gasteiger charge is 2.22. The number of nitrogen functional groups attached to an aromatic ring is 2. The predicted octanol–water partition coefficient (Wildman–Crippen LogP) is 3.62. The van der Waals surface area contributed by atoms with Crippen molar-refractivity contribution in [2.45, 2.75) is 57.7 Å². The molecule has 1 fully saturated rings. The van der Waals surface area contributed by atoms with E-state index in [0.29, 0.717) is 36.3 Å². The maximum atomic E-state index is 6.39. The molecule has 0 unspecified atom stereocenters. The Morgan fingerprint density at radius 2 is 1.74 bits per heavy atom. The summed E-state index contributed by atoms with van der Waals surface area (Å²) in [6.07, 6.45) is 4.60. The number of imidazole rings is 1. The number of aryl methyl sites for hydroxylation is 1. The molecule has 8 heteroatoms. The second kappa shape index (κ2) is 9.30. The molecule has 1 saturated carbocycles. The van der Waals surface area contributed by atoms with Gasteiger partial charge in [0.2, 0.25) is 5.95 Å². The molecule has 7 N–H and O–H groups in total. The van der Waals surface area contributed by atoms with E-state index in [9.17, 15) is 0 Å². The van der Waals surface area contributed by atoms with Crippen LogP contribution in [0.15, 0.2) is 48.5 Å². The second-order valence-corrected chi connectivity index (χ2v) is 9.34. The fraction of sp³-hybridized carbons (Fsp3) is 0.346. The van der Waals surface area contributed by atoms with Crippen molar-refractivity contribution in [3.8, 4) is 0 Å². The van der Waals surface area contributed by atoms with Gasteiger partial charge in [-0.25, -0.2) is 4.98 Å². The molecular formula is C26H32N8. The van der Waals surface area contributed by atoms with Gasteiger partial charge in [0.15, 0.2) is 17.0 Å². The number of aromatic nitrogens is 4. The van der Waals surface area contributed by atoms with E-state index in [1.54, 1.807) is 0 Å². The van der Waals surface area contributed by atoms with Gasteiger partial charge in [0.05, 0.1) is 6.54 Å². The Morgan fingerprint density at radius 3 is 2.47 bits per heavy atom. The lowest BCUT2D eigenvalue weighted by Crippen LogP contribution is -2.33. The Bertz CT molecular complexity index is 1290. The van der Waals surface area contributed by atoms with Gasteiger partial charge in [0.1, 0.15) is 5.82 Å².